The summed E-state index contributed by atoms with van der Waals surface area (Å²) in [5, 5.41) is 0. The monoisotopic (exact) mass is 304 g/mol. The Morgan fingerprint density at radius 2 is 1.62 bits per heavy atom. The highest BCUT2D eigenvalue weighted by Gasteiger charge is 2.21. The van der Waals surface area contributed by atoms with Crippen LogP contribution in [0.2, 0.25) is 0 Å². The van der Waals surface area contributed by atoms with Gasteiger partial charge in [0.1, 0.15) is 0 Å². The van der Waals surface area contributed by atoms with Crippen LogP contribution in [-0.2, 0) is 0 Å². The molecule has 0 radical (unpaired) electrons. The van der Waals surface area contributed by atoms with E-state index >= 15 is 0 Å². The zero-order chi connectivity index (χ0) is 10.0. The topological polar surface area (TPSA) is 0 Å². The van der Waals surface area contributed by atoms with Crippen molar-refractivity contribution in [3.05, 3.63) is 32.9 Å². The van der Waals surface area contributed by atoms with Crippen LogP contribution in [0.1, 0.15) is 24.0 Å². The Morgan fingerprint density at radius 3 is 2.00 bits per heavy atom. The summed E-state index contributed by atoms with van der Waals surface area (Å²) in [5.74, 6) is 0. The molecule has 72 valence electrons. The van der Waals surface area contributed by atoms with Crippen LogP contribution in [0.15, 0.2) is 18.2 Å². The van der Waals surface area contributed by atoms with Crippen molar-refractivity contribution in [1.29, 1.82) is 0 Å². The van der Waals surface area contributed by atoms with Gasteiger partial charge in [0.2, 0.25) is 0 Å². The fourth-order valence-electron chi connectivity index (χ4n) is 0.974. The lowest BCUT2D eigenvalue weighted by Gasteiger charge is -2.09. The number of rotatable bonds is 2. The van der Waals surface area contributed by atoms with E-state index in [-0.39, 0.29) is 3.57 Å². The first kappa shape index (κ1) is 10.7. The van der Waals surface area contributed by atoms with Crippen molar-refractivity contribution in [1.82, 2.24) is 0 Å². The zero-order valence-corrected chi connectivity index (χ0v) is 8.43. The second-order valence-electron chi connectivity index (χ2n) is 2.34. The molecule has 0 aliphatic heterocycles. The van der Waals surface area contributed by atoms with E-state index in [2.05, 4.69) is 0 Å². The number of halogens is 5. The highest BCUT2D eigenvalue weighted by Crippen LogP contribution is 2.33. The minimum atomic E-state index is -2.85. The largest absolute Gasteiger partial charge is 0.265 e. The summed E-state index contributed by atoms with van der Waals surface area (Å²) in [6.45, 7) is 0. The normalized spacial score (nSPS) is 11.3. The van der Waals surface area contributed by atoms with E-state index in [0.717, 1.165) is 6.07 Å². The lowest BCUT2D eigenvalue weighted by molar-refractivity contribution is 0.123. The van der Waals surface area contributed by atoms with E-state index in [4.69, 9.17) is 0 Å². The van der Waals surface area contributed by atoms with E-state index in [9.17, 15) is 17.6 Å². The molecule has 0 aliphatic carbocycles. The van der Waals surface area contributed by atoms with Crippen LogP contribution in [0.25, 0.3) is 0 Å². The first-order chi connectivity index (χ1) is 6.04. The molecule has 0 amide bonds. The molecular weight excluding hydrogens is 299 g/mol. The third-order valence-corrected chi connectivity index (χ3v) is 2.48. The maximum absolute atomic E-state index is 12.3. The number of alkyl halides is 4. The smallest absolute Gasteiger partial charge is 0.205 e. The standard InChI is InChI=1S/C8H5F4I/c9-7(10)4-2-1-3-5(13)6(4)8(11)12/h1-3,7-8H. The molecule has 0 N–H and O–H groups in total. The van der Waals surface area contributed by atoms with Crippen molar-refractivity contribution in [2.45, 2.75) is 12.9 Å². The molecule has 0 spiro atoms. The number of hydrogen-bond donors (Lipinski definition) is 0. The van der Waals surface area contributed by atoms with Crippen molar-refractivity contribution in [2.75, 3.05) is 0 Å². The summed E-state index contributed by atoms with van der Waals surface area (Å²) in [5.41, 5.74) is -1.14. The predicted molar refractivity (Wildman–Crippen MR) is 49.1 cm³/mol. The molecule has 0 unspecified atom stereocenters. The van der Waals surface area contributed by atoms with Crippen LogP contribution in [-0.4, -0.2) is 0 Å². The van der Waals surface area contributed by atoms with Gasteiger partial charge in [-0.15, -0.1) is 0 Å². The molecule has 13 heavy (non-hydrogen) atoms. The highest BCUT2D eigenvalue weighted by molar-refractivity contribution is 14.1. The van der Waals surface area contributed by atoms with Gasteiger partial charge < -0.3 is 0 Å². The average molecular weight is 304 g/mol. The van der Waals surface area contributed by atoms with Gasteiger partial charge in [-0.1, -0.05) is 12.1 Å². The van der Waals surface area contributed by atoms with Crippen molar-refractivity contribution < 1.29 is 17.6 Å². The van der Waals surface area contributed by atoms with Gasteiger partial charge in [0, 0.05) is 14.7 Å². The van der Waals surface area contributed by atoms with Crippen LogP contribution >= 0.6 is 22.6 Å². The Balaban J connectivity index is 3.26. The fourth-order valence-corrected chi connectivity index (χ4v) is 1.73. The molecule has 0 fully saturated rings. The second kappa shape index (κ2) is 4.26. The molecule has 0 nitrogen and oxygen atoms in total. The van der Waals surface area contributed by atoms with Gasteiger partial charge >= 0.3 is 0 Å². The van der Waals surface area contributed by atoms with E-state index in [1.807, 2.05) is 0 Å². The Morgan fingerprint density at radius 1 is 1.00 bits per heavy atom. The summed E-state index contributed by atoms with van der Waals surface area (Å²) in [4.78, 5) is 0. The molecule has 0 heterocycles. The molecule has 1 rings (SSSR count). The van der Waals surface area contributed by atoms with E-state index in [0.29, 0.717) is 0 Å². The van der Waals surface area contributed by atoms with E-state index in [1.165, 1.54) is 12.1 Å². The Hall–Kier alpha value is -0.330. The zero-order valence-electron chi connectivity index (χ0n) is 6.28. The fraction of sp³-hybridized carbons (Fsp3) is 0.250. The second-order valence-corrected chi connectivity index (χ2v) is 3.51. The molecule has 0 aliphatic rings. The maximum Gasteiger partial charge on any atom is 0.265 e. The maximum atomic E-state index is 12.3. The summed E-state index contributed by atoms with van der Waals surface area (Å²) >= 11 is 1.62. The molecule has 5 heteroatoms. The van der Waals surface area contributed by atoms with Gasteiger partial charge in [-0.3, -0.25) is 0 Å². The lowest BCUT2D eigenvalue weighted by Crippen LogP contribution is -1.97. The first-order valence-electron chi connectivity index (χ1n) is 3.38. The first-order valence-corrected chi connectivity index (χ1v) is 4.46. The van der Waals surface area contributed by atoms with Crippen molar-refractivity contribution in [3.8, 4) is 0 Å². The molecule has 0 aromatic heterocycles. The van der Waals surface area contributed by atoms with Crippen LogP contribution in [0, 0.1) is 3.57 Å². The number of benzene rings is 1. The minimum absolute atomic E-state index is 0.172. The quantitative estimate of drug-likeness (QED) is 0.568. The lowest BCUT2D eigenvalue weighted by atomic mass is 10.1. The molecule has 1 aromatic rings. The minimum Gasteiger partial charge on any atom is -0.205 e. The molecule has 0 atom stereocenters. The summed E-state index contributed by atoms with van der Waals surface area (Å²) < 4.78 is 49.3. The van der Waals surface area contributed by atoms with Crippen molar-refractivity contribution in [2.24, 2.45) is 0 Å². The van der Waals surface area contributed by atoms with E-state index in [1.54, 1.807) is 22.6 Å². The van der Waals surface area contributed by atoms with Crippen LogP contribution in [0.3, 0.4) is 0 Å². The van der Waals surface area contributed by atoms with Gasteiger partial charge in [-0.25, -0.2) is 17.6 Å². The van der Waals surface area contributed by atoms with E-state index < -0.39 is 24.0 Å². The SMILES string of the molecule is FC(F)c1cccc(I)c1C(F)F. The molecule has 0 bridgehead atoms. The van der Waals surface area contributed by atoms with Gasteiger partial charge in [-0.2, -0.15) is 0 Å². The molecule has 0 saturated heterocycles. The summed E-state index contributed by atoms with van der Waals surface area (Å²) in [6.07, 6.45) is -5.70. The van der Waals surface area contributed by atoms with Crippen molar-refractivity contribution >= 4 is 22.6 Å². The Bertz CT molecular complexity index is 298. The summed E-state index contributed by atoms with van der Waals surface area (Å²) in [7, 11) is 0. The Labute approximate surface area is 86.1 Å². The highest BCUT2D eigenvalue weighted by atomic mass is 127. The third-order valence-electron chi connectivity index (χ3n) is 1.54. The Kier molecular flexibility index (Phi) is 3.52. The van der Waals surface area contributed by atoms with Gasteiger partial charge in [0.15, 0.2) is 0 Å². The van der Waals surface area contributed by atoms with Crippen LogP contribution in [0.5, 0.6) is 0 Å². The summed E-state index contributed by atoms with van der Waals surface area (Å²) in [6, 6.07) is 3.75. The third kappa shape index (κ3) is 2.32. The average Bonchev–Trinajstić information content (AvgIpc) is 2.02. The van der Waals surface area contributed by atoms with Crippen LogP contribution < -0.4 is 0 Å². The van der Waals surface area contributed by atoms with Gasteiger partial charge in [-0.05, 0) is 28.7 Å². The van der Waals surface area contributed by atoms with Crippen LogP contribution in [0.4, 0.5) is 17.6 Å². The molecular formula is C8H5F4I. The number of hydrogen-bond acceptors (Lipinski definition) is 0. The molecule has 0 saturated carbocycles. The van der Waals surface area contributed by atoms with Gasteiger partial charge in [0.25, 0.3) is 12.9 Å². The van der Waals surface area contributed by atoms with Crippen molar-refractivity contribution in [3.63, 3.8) is 0 Å². The van der Waals surface area contributed by atoms with Gasteiger partial charge in [0.05, 0.1) is 0 Å². The molecule has 1 aromatic carbocycles. The predicted octanol–water partition coefficient (Wildman–Crippen LogP) is 4.17.